The zero-order valence-electron chi connectivity index (χ0n) is 44.6. The van der Waals surface area contributed by atoms with Crippen LogP contribution in [0.3, 0.4) is 0 Å². The minimum Gasteiger partial charge on any atom is -0.460 e. The Hall–Kier alpha value is -4.16. The van der Waals surface area contributed by atoms with Crippen molar-refractivity contribution in [3.8, 4) is 0 Å². The Morgan fingerprint density at radius 1 is 0.714 bits per heavy atom. The maximum absolute atomic E-state index is 13.1. The molecular formula is C59H90O11. The fourth-order valence-electron chi connectivity index (χ4n) is 9.78. The lowest BCUT2D eigenvalue weighted by molar-refractivity contribution is -0.152. The maximum atomic E-state index is 13.1. The van der Waals surface area contributed by atoms with Gasteiger partial charge in [0.05, 0.1) is 31.3 Å². The van der Waals surface area contributed by atoms with E-state index in [1.807, 2.05) is 63.3 Å². The number of esters is 3. The van der Waals surface area contributed by atoms with Gasteiger partial charge in [-0.3, -0.25) is 9.59 Å². The number of cyclic esters (lactones) is 1. The second-order valence-electron chi connectivity index (χ2n) is 21.0. The Morgan fingerprint density at radius 3 is 2.14 bits per heavy atom. The van der Waals surface area contributed by atoms with Crippen LogP contribution in [0.1, 0.15) is 152 Å². The van der Waals surface area contributed by atoms with Crippen LogP contribution in [-0.2, 0) is 42.9 Å². The predicted molar refractivity (Wildman–Crippen MR) is 278 cm³/mol. The number of hydrogen-bond acceptors (Lipinski definition) is 11. The molecule has 4 bridgehead atoms. The molecule has 3 rings (SSSR count). The van der Waals surface area contributed by atoms with Gasteiger partial charge in [0.1, 0.15) is 24.1 Å². The van der Waals surface area contributed by atoms with Crippen LogP contribution < -0.4 is 0 Å². The molecule has 0 aromatic heterocycles. The van der Waals surface area contributed by atoms with Crippen molar-refractivity contribution in [2.24, 2.45) is 41.4 Å². The number of ketones is 1. The van der Waals surface area contributed by atoms with Crippen LogP contribution in [0, 0.1) is 41.4 Å². The maximum Gasteiger partial charge on any atom is 0.331 e. The number of ether oxygens (including phenoxy) is 5. The summed E-state index contributed by atoms with van der Waals surface area (Å²) in [6.07, 6.45) is 28.5. The van der Waals surface area contributed by atoms with Gasteiger partial charge in [0.2, 0.25) is 0 Å². The highest BCUT2D eigenvalue weighted by molar-refractivity contribution is 5.88. The molecule has 0 amide bonds. The lowest BCUT2D eigenvalue weighted by atomic mass is 9.81. The molecule has 0 aromatic carbocycles. The van der Waals surface area contributed by atoms with Crippen LogP contribution >= 0.6 is 0 Å². The van der Waals surface area contributed by atoms with Crippen molar-refractivity contribution in [2.45, 2.75) is 189 Å². The van der Waals surface area contributed by atoms with Crippen LogP contribution in [0.5, 0.6) is 0 Å². The highest BCUT2D eigenvalue weighted by atomic mass is 16.6. The summed E-state index contributed by atoms with van der Waals surface area (Å²) in [6, 6.07) is 0. The van der Waals surface area contributed by atoms with Gasteiger partial charge in [-0.2, -0.15) is 0 Å². The number of aliphatic hydroxyl groups is 2. The number of rotatable bonds is 4. The molecule has 13 atom stereocenters. The third-order valence-electron chi connectivity index (χ3n) is 14.5. The molecule has 3 aliphatic heterocycles. The van der Waals surface area contributed by atoms with E-state index in [1.165, 1.54) is 6.08 Å². The highest BCUT2D eigenvalue weighted by Gasteiger charge is 2.31. The zero-order valence-corrected chi connectivity index (χ0v) is 44.6. The number of fused-ring (bicyclic) bond motifs is 4. The second-order valence-corrected chi connectivity index (χ2v) is 21.0. The molecule has 0 fully saturated rings. The molecule has 2 N–H and O–H groups in total. The van der Waals surface area contributed by atoms with Crippen LogP contribution in [0.25, 0.3) is 0 Å². The van der Waals surface area contributed by atoms with E-state index >= 15 is 0 Å². The summed E-state index contributed by atoms with van der Waals surface area (Å²) >= 11 is 0. The molecule has 11 heteroatoms. The molecule has 0 aromatic rings. The molecule has 11 nitrogen and oxygen atoms in total. The largest absolute Gasteiger partial charge is 0.460 e. The van der Waals surface area contributed by atoms with Gasteiger partial charge in [0.25, 0.3) is 0 Å². The Morgan fingerprint density at radius 2 is 1.43 bits per heavy atom. The zero-order chi connectivity index (χ0) is 51.8. The lowest BCUT2D eigenvalue weighted by Gasteiger charge is -2.31. The minimum atomic E-state index is -0.499. The van der Waals surface area contributed by atoms with Crippen LogP contribution in [-0.4, -0.2) is 91.4 Å². The highest BCUT2D eigenvalue weighted by Crippen LogP contribution is 2.32. The number of allylic oxidation sites excluding steroid dienone is 9. The number of carbonyl (C=O) groups excluding carboxylic acids is 4. The van der Waals surface area contributed by atoms with Gasteiger partial charge in [0, 0.05) is 64.4 Å². The van der Waals surface area contributed by atoms with Gasteiger partial charge in [-0.1, -0.05) is 138 Å². The first-order valence-corrected chi connectivity index (χ1v) is 26.2. The summed E-state index contributed by atoms with van der Waals surface area (Å²) in [5.74, 6) is -0.269. The van der Waals surface area contributed by atoms with E-state index in [4.69, 9.17) is 23.7 Å². The molecule has 70 heavy (non-hydrogen) atoms. The molecule has 0 aliphatic carbocycles. The molecular weight excluding hydrogens is 885 g/mol. The van der Waals surface area contributed by atoms with Crippen LogP contribution in [0.2, 0.25) is 0 Å². The number of hydrogen-bond donors (Lipinski definition) is 2. The molecule has 13 unspecified atom stereocenters. The fourth-order valence-corrected chi connectivity index (χ4v) is 9.78. The summed E-state index contributed by atoms with van der Waals surface area (Å²) < 4.78 is 28.8. The normalized spacial score (nSPS) is 33.4. The Balaban J connectivity index is 1.74. The number of methoxy groups -OCH3 is 2. The third kappa shape index (κ3) is 22.9. The predicted octanol–water partition coefficient (Wildman–Crippen LogP) is 11.6. The average Bonchev–Trinajstić information content (AvgIpc) is 3.28. The molecule has 0 saturated heterocycles. The van der Waals surface area contributed by atoms with E-state index in [0.717, 1.165) is 48.0 Å². The SMILES string of the molecule is CCC1CC=CC=CCC(=O)CC2=CC(=O)OC(C2)CC(OC)C(C)CCC(C)C(C)C(O)CC(C)C=CCC2=CC(=O)OC(C=C(C)CC(COC)OC(=O)CC(C)C=CC=C(C)CC(O)C1)C2C. The first-order chi connectivity index (χ1) is 33.3. The van der Waals surface area contributed by atoms with E-state index in [1.54, 1.807) is 20.3 Å². The van der Waals surface area contributed by atoms with Gasteiger partial charge in [0.15, 0.2) is 0 Å². The summed E-state index contributed by atoms with van der Waals surface area (Å²) in [7, 11) is 3.27. The van der Waals surface area contributed by atoms with Gasteiger partial charge in [-0.05, 0) is 94.0 Å². The minimum absolute atomic E-state index is 0.0364. The van der Waals surface area contributed by atoms with Crippen molar-refractivity contribution in [3.63, 3.8) is 0 Å². The Labute approximate surface area is 421 Å². The van der Waals surface area contributed by atoms with Crippen LogP contribution in [0.15, 0.2) is 95.2 Å². The van der Waals surface area contributed by atoms with Crippen molar-refractivity contribution < 1.29 is 53.1 Å². The second kappa shape index (κ2) is 32.0. The standard InChI is InChI=1S/C59H90O11/c1-12-47-22-15-13-14-16-24-50(60)33-48-34-52(68-58(64)35-48)37-55(67-11)44(7)26-25-43(6)45(8)54(62)29-40(3)21-18-23-49-36-59(65)70-56(46(49)9)30-42(5)28-53(38-66-10)69-57(63)31-41(4)20-17-19-39(2)27-51(61)32-47/h13-21,30,35-36,40-41,43-47,51-56,61-62H,12,22-29,31-34,37-38H2,1-11H3. The van der Waals surface area contributed by atoms with Crippen molar-refractivity contribution in [1.82, 2.24) is 0 Å². The quantitative estimate of drug-likeness (QED) is 0.157. The van der Waals surface area contributed by atoms with E-state index in [0.29, 0.717) is 50.9 Å². The molecule has 0 saturated carbocycles. The van der Waals surface area contributed by atoms with Crippen LogP contribution in [0.4, 0.5) is 0 Å². The van der Waals surface area contributed by atoms with Crippen molar-refractivity contribution in [2.75, 3.05) is 20.8 Å². The van der Waals surface area contributed by atoms with Crippen molar-refractivity contribution in [1.29, 1.82) is 0 Å². The molecule has 0 spiro atoms. The van der Waals surface area contributed by atoms with Gasteiger partial charge in [-0.25, -0.2) is 9.59 Å². The van der Waals surface area contributed by atoms with E-state index in [2.05, 4.69) is 59.8 Å². The summed E-state index contributed by atoms with van der Waals surface area (Å²) in [5.41, 5.74) is 3.73. The lowest BCUT2D eigenvalue weighted by Crippen LogP contribution is -2.32. The number of Topliss-reactive ketones (excluding diaryl/α,β-unsaturated/α-hetero) is 1. The number of aliphatic hydroxyl groups excluding tert-OH is 2. The van der Waals surface area contributed by atoms with Gasteiger partial charge < -0.3 is 33.9 Å². The van der Waals surface area contributed by atoms with Gasteiger partial charge in [-0.15, -0.1) is 0 Å². The summed E-state index contributed by atoms with van der Waals surface area (Å²) in [4.78, 5) is 51.5. The first-order valence-electron chi connectivity index (χ1n) is 26.2. The number of carbonyl (C=O) groups is 4. The summed E-state index contributed by atoms with van der Waals surface area (Å²) in [5, 5.41) is 22.3. The molecule has 392 valence electrons. The smallest absolute Gasteiger partial charge is 0.331 e. The summed E-state index contributed by atoms with van der Waals surface area (Å²) in [6.45, 7) is 18.9. The topological polar surface area (TPSA) is 155 Å². The van der Waals surface area contributed by atoms with Gasteiger partial charge >= 0.3 is 17.9 Å². The van der Waals surface area contributed by atoms with Crippen molar-refractivity contribution in [3.05, 3.63) is 95.2 Å². The Kier molecular flexibility index (Phi) is 27.5. The average molecular weight is 975 g/mol. The van der Waals surface area contributed by atoms with Crippen molar-refractivity contribution >= 4 is 23.7 Å². The molecule has 3 aliphatic rings. The monoisotopic (exact) mass is 975 g/mol. The third-order valence-corrected chi connectivity index (χ3v) is 14.5. The molecule has 0 radical (unpaired) electrons. The van der Waals surface area contributed by atoms with E-state index in [-0.39, 0.29) is 91.3 Å². The molecule has 3 heterocycles. The Bertz CT molecular complexity index is 1900. The fraction of sp³-hybridized carbons (Fsp3) is 0.661. The van der Waals surface area contributed by atoms with E-state index in [9.17, 15) is 29.4 Å². The van der Waals surface area contributed by atoms with E-state index < -0.39 is 30.4 Å². The first kappa shape index (κ1) is 60.1.